The average Bonchev–Trinajstić information content (AvgIpc) is 2.47. The Morgan fingerprint density at radius 1 is 1.50 bits per heavy atom. The Morgan fingerprint density at radius 3 is 3.17 bits per heavy atom. The Hall–Kier alpha value is -1.25. The van der Waals surface area contributed by atoms with Crippen LogP contribution in [0.1, 0.15) is 12.8 Å². The summed E-state index contributed by atoms with van der Waals surface area (Å²) in [6, 6.07) is 0. The van der Waals surface area contributed by atoms with E-state index in [4.69, 9.17) is 10.5 Å². The van der Waals surface area contributed by atoms with Crippen molar-refractivity contribution >= 4 is 0 Å². The van der Waals surface area contributed by atoms with Crippen molar-refractivity contribution in [2.24, 2.45) is 5.73 Å². The fourth-order valence-electron chi connectivity index (χ4n) is 1.46. The van der Waals surface area contributed by atoms with Gasteiger partial charge in [-0.1, -0.05) is 6.08 Å². The first-order valence-corrected chi connectivity index (χ1v) is 3.96. The largest absolute Gasteiger partial charge is 0.490 e. The van der Waals surface area contributed by atoms with E-state index in [-0.39, 0.29) is 5.83 Å². The van der Waals surface area contributed by atoms with E-state index in [9.17, 15) is 4.39 Å². The van der Waals surface area contributed by atoms with Gasteiger partial charge in [-0.3, -0.25) is 0 Å². The minimum atomic E-state index is -0.303. The first-order valence-electron chi connectivity index (χ1n) is 3.96. The number of fused-ring (bicyclic) bond motifs is 1. The van der Waals surface area contributed by atoms with Crippen LogP contribution < -0.4 is 5.73 Å². The maximum absolute atomic E-state index is 13.2. The number of hydrogen-bond acceptors (Lipinski definition) is 2. The lowest BCUT2D eigenvalue weighted by Gasteiger charge is -2.01. The van der Waals surface area contributed by atoms with Gasteiger partial charge in [-0.25, -0.2) is 4.39 Å². The van der Waals surface area contributed by atoms with Gasteiger partial charge in [-0.05, 0) is 6.08 Å². The van der Waals surface area contributed by atoms with Crippen LogP contribution in [-0.2, 0) is 4.74 Å². The van der Waals surface area contributed by atoms with E-state index in [1.165, 1.54) is 6.08 Å². The minimum absolute atomic E-state index is 0.303. The second kappa shape index (κ2) is 2.66. The Labute approximate surface area is 70.2 Å². The van der Waals surface area contributed by atoms with E-state index in [1.54, 1.807) is 6.08 Å². The highest BCUT2D eigenvalue weighted by Gasteiger charge is 2.22. The fourth-order valence-corrected chi connectivity index (χ4v) is 1.46. The van der Waals surface area contributed by atoms with Gasteiger partial charge in [0.05, 0.1) is 6.61 Å². The topological polar surface area (TPSA) is 35.2 Å². The van der Waals surface area contributed by atoms with Crippen LogP contribution in [0.2, 0.25) is 0 Å². The van der Waals surface area contributed by atoms with Crippen molar-refractivity contribution in [3.05, 3.63) is 35.0 Å². The number of hydrogen-bond donors (Lipinski definition) is 1. The second-order valence-electron chi connectivity index (χ2n) is 2.89. The van der Waals surface area contributed by atoms with Gasteiger partial charge < -0.3 is 10.5 Å². The van der Waals surface area contributed by atoms with E-state index in [0.717, 1.165) is 17.7 Å². The maximum Gasteiger partial charge on any atom is 0.165 e. The number of nitrogens with two attached hydrogens (primary N) is 1. The summed E-state index contributed by atoms with van der Waals surface area (Å²) >= 11 is 0. The molecular formula is C9H10FNO. The maximum atomic E-state index is 13.2. The molecule has 2 nitrogen and oxygen atoms in total. The van der Waals surface area contributed by atoms with Gasteiger partial charge in [0.1, 0.15) is 0 Å². The first-order chi connectivity index (χ1) is 5.79. The molecule has 0 atom stereocenters. The molecule has 0 unspecified atom stereocenters. The molecule has 12 heavy (non-hydrogen) atoms. The average molecular weight is 167 g/mol. The van der Waals surface area contributed by atoms with Gasteiger partial charge >= 0.3 is 0 Å². The van der Waals surface area contributed by atoms with Crippen molar-refractivity contribution in [1.82, 2.24) is 0 Å². The summed E-state index contributed by atoms with van der Waals surface area (Å²) in [6.07, 6.45) is 4.48. The zero-order chi connectivity index (χ0) is 8.55. The van der Waals surface area contributed by atoms with Crippen molar-refractivity contribution in [3.8, 4) is 0 Å². The molecule has 1 fully saturated rings. The Bertz CT molecular complexity index is 302. The van der Waals surface area contributed by atoms with Gasteiger partial charge in [-0.2, -0.15) is 0 Å². The number of ether oxygens (including phenoxy) is 1. The smallest absolute Gasteiger partial charge is 0.165 e. The highest BCUT2D eigenvalue weighted by atomic mass is 19.1. The van der Waals surface area contributed by atoms with Gasteiger partial charge in [0.25, 0.3) is 0 Å². The van der Waals surface area contributed by atoms with Crippen LogP contribution in [0.3, 0.4) is 0 Å². The predicted molar refractivity (Wildman–Crippen MR) is 43.7 cm³/mol. The van der Waals surface area contributed by atoms with E-state index >= 15 is 0 Å². The fraction of sp³-hybridized carbons (Fsp3) is 0.333. The van der Waals surface area contributed by atoms with E-state index in [0.29, 0.717) is 18.8 Å². The van der Waals surface area contributed by atoms with E-state index in [2.05, 4.69) is 0 Å². The SMILES string of the molecule is NC1=C2CCOC2=C(F)C=CC1. The van der Waals surface area contributed by atoms with E-state index < -0.39 is 0 Å². The van der Waals surface area contributed by atoms with Crippen molar-refractivity contribution < 1.29 is 9.13 Å². The molecule has 2 rings (SSSR count). The summed E-state index contributed by atoms with van der Waals surface area (Å²) in [4.78, 5) is 0. The molecule has 0 bridgehead atoms. The molecule has 1 aliphatic carbocycles. The molecule has 2 N–H and O–H groups in total. The zero-order valence-corrected chi connectivity index (χ0v) is 6.64. The van der Waals surface area contributed by atoms with Gasteiger partial charge in [0.15, 0.2) is 11.6 Å². The van der Waals surface area contributed by atoms with Gasteiger partial charge in [0.2, 0.25) is 0 Å². The Morgan fingerprint density at radius 2 is 2.33 bits per heavy atom. The molecule has 0 aromatic carbocycles. The van der Waals surface area contributed by atoms with Crippen LogP contribution in [-0.4, -0.2) is 6.61 Å². The van der Waals surface area contributed by atoms with Crippen LogP contribution >= 0.6 is 0 Å². The molecule has 0 amide bonds. The third-order valence-electron chi connectivity index (χ3n) is 2.08. The molecule has 0 aromatic rings. The summed E-state index contributed by atoms with van der Waals surface area (Å²) in [5, 5.41) is 0. The summed E-state index contributed by atoms with van der Waals surface area (Å²) in [5.41, 5.74) is 7.30. The number of allylic oxidation sites excluding steroid dienone is 4. The molecule has 0 aromatic heterocycles. The van der Waals surface area contributed by atoms with Crippen molar-refractivity contribution in [2.45, 2.75) is 12.8 Å². The first kappa shape index (κ1) is 7.40. The lowest BCUT2D eigenvalue weighted by molar-refractivity contribution is 0.256. The number of halogens is 1. The molecule has 3 heteroatoms. The normalized spacial score (nSPS) is 22.4. The summed E-state index contributed by atoms with van der Waals surface area (Å²) in [6.45, 7) is 0.548. The molecule has 0 saturated carbocycles. The number of rotatable bonds is 0. The van der Waals surface area contributed by atoms with Crippen LogP contribution in [0, 0.1) is 0 Å². The predicted octanol–water partition coefficient (Wildman–Crippen LogP) is 1.76. The Kier molecular flexibility index (Phi) is 1.64. The molecule has 1 heterocycles. The molecule has 1 aliphatic heterocycles. The lowest BCUT2D eigenvalue weighted by atomic mass is 10.1. The van der Waals surface area contributed by atoms with Gasteiger partial charge in [-0.15, -0.1) is 0 Å². The molecule has 0 radical (unpaired) electrons. The van der Waals surface area contributed by atoms with Crippen LogP contribution in [0.15, 0.2) is 35.0 Å². The molecule has 64 valence electrons. The monoisotopic (exact) mass is 167 g/mol. The summed E-state index contributed by atoms with van der Waals surface area (Å²) in [5.74, 6) is 0.0456. The van der Waals surface area contributed by atoms with Crippen LogP contribution in [0.4, 0.5) is 4.39 Å². The lowest BCUT2D eigenvalue weighted by Crippen LogP contribution is -2.00. The Balaban J connectivity index is 2.51. The van der Waals surface area contributed by atoms with Crippen molar-refractivity contribution in [3.63, 3.8) is 0 Å². The molecular weight excluding hydrogens is 157 g/mol. The van der Waals surface area contributed by atoms with Crippen molar-refractivity contribution in [2.75, 3.05) is 6.61 Å². The van der Waals surface area contributed by atoms with Crippen molar-refractivity contribution in [1.29, 1.82) is 0 Å². The summed E-state index contributed by atoms with van der Waals surface area (Å²) in [7, 11) is 0. The quantitative estimate of drug-likeness (QED) is 0.596. The molecule has 1 saturated heterocycles. The van der Waals surface area contributed by atoms with Crippen LogP contribution in [0.25, 0.3) is 0 Å². The zero-order valence-electron chi connectivity index (χ0n) is 6.64. The minimum Gasteiger partial charge on any atom is -0.490 e. The summed E-state index contributed by atoms with van der Waals surface area (Å²) < 4.78 is 18.3. The second-order valence-corrected chi connectivity index (χ2v) is 2.89. The highest BCUT2D eigenvalue weighted by Crippen LogP contribution is 2.32. The standard InChI is InChI=1S/C9H10FNO/c10-7-2-1-3-8(11)6-4-5-12-9(6)7/h1-2H,3-5,11H2. The van der Waals surface area contributed by atoms with E-state index in [1.807, 2.05) is 0 Å². The molecule has 2 aliphatic rings. The highest BCUT2D eigenvalue weighted by molar-refractivity contribution is 5.41. The third-order valence-corrected chi connectivity index (χ3v) is 2.08. The van der Waals surface area contributed by atoms with Crippen LogP contribution in [0.5, 0.6) is 0 Å². The van der Waals surface area contributed by atoms with Gasteiger partial charge in [0, 0.05) is 24.1 Å². The third kappa shape index (κ3) is 1.02. The molecule has 0 spiro atoms.